The maximum Gasteiger partial charge on any atom is 0.317 e. The predicted octanol–water partition coefficient (Wildman–Crippen LogP) is 1.71. The number of aromatic nitrogens is 1. The molecule has 0 radical (unpaired) electrons. The van der Waals surface area contributed by atoms with Crippen LogP contribution in [0.3, 0.4) is 0 Å². The van der Waals surface area contributed by atoms with Gasteiger partial charge < -0.3 is 19.5 Å². The second kappa shape index (κ2) is 6.37. The molecule has 1 aliphatic heterocycles. The monoisotopic (exact) mass is 336 g/mol. The van der Waals surface area contributed by atoms with E-state index in [1.165, 1.54) is 0 Å². The molecule has 7 nitrogen and oxygen atoms in total. The van der Waals surface area contributed by atoms with Crippen LogP contribution in [0.15, 0.2) is 16.9 Å². The van der Waals surface area contributed by atoms with E-state index >= 15 is 0 Å². The van der Waals surface area contributed by atoms with Crippen LogP contribution < -0.4 is 5.32 Å². The Morgan fingerprint density at radius 1 is 1.38 bits per heavy atom. The molecule has 7 heteroatoms. The lowest BCUT2D eigenvalue weighted by atomic mass is 9.56. The molecule has 1 aromatic rings. The topological polar surface area (TPSA) is 70.8 Å². The van der Waals surface area contributed by atoms with Gasteiger partial charge in [-0.25, -0.2) is 4.79 Å². The molecule has 1 aliphatic carbocycles. The molecule has 24 heavy (non-hydrogen) atoms. The summed E-state index contributed by atoms with van der Waals surface area (Å²) in [6.45, 7) is 10.4. The first-order valence-electron chi connectivity index (χ1n) is 8.58. The number of amides is 2. The zero-order valence-corrected chi connectivity index (χ0v) is 15.0. The summed E-state index contributed by atoms with van der Waals surface area (Å²) in [7, 11) is 1.74. The molecule has 2 aliphatic rings. The van der Waals surface area contributed by atoms with Gasteiger partial charge in [-0.3, -0.25) is 4.90 Å². The summed E-state index contributed by atoms with van der Waals surface area (Å²) in [6.07, 6.45) is 2.45. The highest BCUT2D eigenvalue weighted by Crippen LogP contribution is 2.51. The highest BCUT2D eigenvalue weighted by molar-refractivity contribution is 5.75. The smallest absolute Gasteiger partial charge is 0.317 e. The minimum absolute atomic E-state index is 0.0346. The largest absolute Gasteiger partial charge is 0.378 e. The lowest BCUT2D eigenvalue weighted by Gasteiger charge is -2.59. The number of urea groups is 1. The van der Waals surface area contributed by atoms with Crippen molar-refractivity contribution < 1.29 is 14.1 Å². The van der Waals surface area contributed by atoms with Gasteiger partial charge >= 0.3 is 6.03 Å². The van der Waals surface area contributed by atoms with Crippen molar-refractivity contribution in [1.29, 1.82) is 0 Å². The van der Waals surface area contributed by atoms with E-state index in [9.17, 15) is 4.79 Å². The number of hydrogen-bond donors (Lipinski definition) is 1. The van der Waals surface area contributed by atoms with Crippen molar-refractivity contribution in [2.24, 2.45) is 5.41 Å². The molecular formula is C17H28N4O3. The highest BCUT2D eigenvalue weighted by atomic mass is 16.5. The number of methoxy groups -OCH3 is 1. The van der Waals surface area contributed by atoms with E-state index in [1.807, 2.05) is 11.0 Å². The van der Waals surface area contributed by atoms with Crippen LogP contribution in [0.1, 0.15) is 32.9 Å². The average Bonchev–Trinajstić information content (AvgIpc) is 3.07. The van der Waals surface area contributed by atoms with Gasteiger partial charge in [-0.2, -0.15) is 0 Å². The number of ether oxygens (including phenoxy) is 1. The van der Waals surface area contributed by atoms with Crippen molar-refractivity contribution in [2.75, 3.05) is 33.3 Å². The summed E-state index contributed by atoms with van der Waals surface area (Å²) in [5, 5.41) is 7.13. The number of carbonyl (C=O) groups is 1. The summed E-state index contributed by atoms with van der Waals surface area (Å²) < 4.78 is 10.5. The summed E-state index contributed by atoms with van der Waals surface area (Å²) in [4.78, 5) is 16.7. The normalized spacial score (nSPS) is 30.0. The van der Waals surface area contributed by atoms with E-state index in [1.54, 1.807) is 13.4 Å². The van der Waals surface area contributed by atoms with Crippen molar-refractivity contribution in [3.63, 3.8) is 0 Å². The van der Waals surface area contributed by atoms with Crippen molar-refractivity contribution >= 4 is 6.03 Å². The summed E-state index contributed by atoms with van der Waals surface area (Å²) >= 11 is 0. The molecule has 134 valence electrons. The lowest BCUT2D eigenvalue weighted by molar-refractivity contribution is -0.177. The van der Waals surface area contributed by atoms with Crippen LogP contribution in [0.2, 0.25) is 0 Å². The summed E-state index contributed by atoms with van der Waals surface area (Å²) in [6, 6.07) is 2.07. The summed E-state index contributed by atoms with van der Waals surface area (Å²) in [5.74, 6) is 0. The van der Waals surface area contributed by atoms with Crippen molar-refractivity contribution in [3.8, 4) is 0 Å². The predicted molar refractivity (Wildman–Crippen MR) is 89.5 cm³/mol. The molecule has 1 saturated carbocycles. The van der Waals surface area contributed by atoms with Gasteiger partial charge in [-0.1, -0.05) is 19.0 Å². The van der Waals surface area contributed by atoms with E-state index in [-0.39, 0.29) is 23.1 Å². The second-order valence-corrected chi connectivity index (χ2v) is 7.62. The minimum atomic E-state index is -0.165. The fraction of sp³-hybridized carbons (Fsp3) is 0.765. The molecule has 1 saturated heterocycles. The van der Waals surface area contributed by atoms with Crippen LogP contribution in [-0.4, -0.2) is 65.9 Å². The first-order valence-corrected chi connectivity index (χ1v) is 8.58. The molecule has 3 rings (SSSR count). The number of rotatable bonds is 4. The Kier molecular flexibility index (Phi) is 4.57. The summed E-state index contributed by atoms with van der Waals surface area (Å²) in [5.41, 5.74) is 0.705. The quantitative estimate of drug-likeness (QED) is 0.906. The molecule has 2 unspecified atom stereocenters. The SMILES string of the molecule is COC1(C)CC(NC(=O)N2CCN(Cc3ccon3)CC2)C1(C)C. The first kappa shape index (κ1) is 17.2. The van der Waals surface area contributed by atoms with E-state index in [0.717, 1.165) is 44.8 Å². The molecular weight excluding hydrogens is 308 g/mol. The van der Waals surface area contributed by atoms with E-state index in [4.69, 9.17) is 9.26 Å². The van der Waals surface area contributed by atoms with Crippen molar-refractivity contribution in [2.45, 2.75) is 45.4 Å². The zero-order chi connectivity index (χ0) is 17.4. The van der Waals surface area contributed by atoms with Gasteiger partial charge in [0.2, 0.25) is 0 Å². The van der Waals surface area contributed by atoms with E-state index in [0.29, 0.717) is 0 Å². The molecule has 0 aromatic carbocycles. The molecule has 1 N–H and O–H groups in total. The van der Waals surface area contributed by atoms with Crippen LogP contribution in [-0.2, 0) is 11.3 Å². The number of piperazine rings is 1. The molecule has 0 spiro atoms. The van der Waals surface area contributed by atoms with Crippen LogP contribution in [0.4, 0.5) is 4.79 Å². The van der Waals surface area contributed by atoms with Gasteiger partial charge in [-0.15, -0.1) is 0 Å². The Balaban J connectivity index is 1.46. The van der Waals surface area contributed by atoms with Gasteiger partial charge in [0.1, 0.15) is 6.26 Å². The Bertz CT molecular complexity index is 566. The van der Waals surface area contributed by atoms with Gasteiger partial charge in [0.05, 0.1) is 11.3 Å². The molecule has 2 atom stereocenters. The van der Waals surface area contributed by atoms with Crippen LogP contribution in [0, 0.1) is 5.41 Å². The maximum atomic E-state index is 12.5. The number of carbonyl (C=O) groups excluding carboxylic acids is 1. The van der Waals surface area contributed by atoms with Gasteiger partial charge in [-0.05, 0) is 13.3 Å². The molecule has 0 bridgehead atoms. The third-order valence-electron chi connectivity index (χ3n) is 6.11. The number of nitrogens with one attached hydrogen (secondary N) is 1. The fourth-order valence-electron chi connectivity index (χ4n) is 3.62. The molecule has 2 heterocycles. The van der Waals surface area contributed by atoms with Crippen LogP contribution in [0.25, 0.3) is 0 Å². The maximum absolute atomic E-state index is 12.5. The standard InChI is InChI=1S/C17H28N4O3/c1-16(2)14(11-17(16,3)23-4)18-15(22)21-8-6-20(7-9-21)12-13-5-10-24-19-13/h5,10,14H,6-9,11-12H2,1-4H3,(H,18,22). The highest BCUT2D eigenvalue weighted by Gasteiger charge is 2.58. The fourth-order valence-corrected chi connectivity index (χ4v) is 3.62. The second-order valence-electron chi connectivity index (χ2n) is 7.62. The van der Waals surface area contributed by atoms with Crippen molar-refractivity contribution in [1.82, 2.24) is 20.3 Å². The Morgan fingerprint density at radius 2 is 2.08 bits per heavy atom. The molecule has 2 fully saturated rings. The third-order valence-corrected chi connectivity index (χ3v) is 6.11. The molecule has 2 amide bonds. The number of hydrogen-bond acceptors (Lipinski definition) is 5. The van der Waals surface area contributed by atoms with Gasteiger partial charge in [0.15, 0.2) is 0 Å². The minimum Gasteiger partial charge on any atom is -0.378 e. The zero-order valence-electron chi connectivity index (χ0n) is 15.0. The Morgan fingerprint density at radius 3 is 2.62 bits per heavy atom. The van der Waals surface area contributed by atoms with E-state index in [2.05, 4.69) is 36.1 Å². The van der Waals surface area contributed by atoms with Crippen molar-refractivity contribution in [3.05, 3.63) is 18.0 Å². The first-order chi connectivity index (χ1) is 11.4. The third kappa shape index (κ3) is 3.02. The lowest BCUT2D eigenvalue weighted by Crippen LogP contribution is -2.69. The Hall–Kier alpha value is -1.60. The molecule has 1 aromatic heterocycles. The average molecular weight is 336 g/mol. The van der Waals surface area contributed by atoms with E-state index < -0.39 is 0 Å². The van der Waals surface area contributed by atoms with Gasteiger partial charge in [0.25, 0.3) is 0 Å². The van der Waals surface area contributed by atoms with Crippen LogP contribution in [0.5, 0.6) is 0 Å². The van der Waals surface area contributed by atoms with Crippen LogP contribution >= 0.6 is 0 Å². The van der Waals surface area contributed by atoms with Gasteiger partial charge in [0, 0.05) is 57.4 Å². The Labute approximate surface area is 143 Å². The number of nitrogens with zero attached hydrogens (tertiary/aromatic N) is 3.